The number of carbonyl (C=O) groups excluding carboxylic acids is 1. The fraction of sp³-hybridized carbons (Fsp3) is 0.515. The second-order valence-corrected chi connectivity index (χ2v) is 10.4. The standard InChI is InChI=1S/C33H44O4/c1-2-3-4-5-8-11-20-29(21-12-9-6-7-10-13-23-32(34)35)37-33(36)30-22-16-19-28-24-26-17-14-15-18-27(26)25-31(28)30/h14-19,22,24-25,29H,2-13,20-21,23H2,1H3,(H,34,35). The number of carboxylic acids is 1. The van der Waals surface area contributed by atoms with Crippen molar-refractivity contribution in [2.75, 3.05) is 0 Å². The highest BCUT2D eigenvalue weighted by atomic mass is 16.5. The molecule has 4 heteroatoms. The zero-order valence-electron chi connectivity index (χ0n) is 22.6. The fourth-order valence-electron chi connectivity index (χ4n) is 5.13. The average molecular weight is 505 g/mol. The van der Waals surface area contributed by atoms with Gasteiger partial charge in [0.2, 0.25) is 0 Å². The molecule has 0 saturated carbocycles. The molecular weight excluding hydrogens is 460 g/mol. The van der Waals surface area contributed by atoms with Gasteiger partial charge in [-0.1, -0.05) is 101 Å². The summed E-state index contributed by atoms with van der Waals surface area (Å²) in [6, 6.07) is 18.4. The van der Waals surface area contributed by atoms with Crippen LogP contribution in [0.3, 0.4) is 0 Å². The van der Waals surface area contributed by atoms with Gasteiger partial charge in [0.15, 0.2) is 0 Å². The lowest BCUT2D eigenvalue weighted by Crippen LogP contribution is -2.19. The molecule has 4 nitrogen and oxygen atoms in total. The molecule has 0 saturated heterocycles. The van der Waals surface area contributed by atoms with Crippen LogP contribution in [0.2, 0.25) is 0 Å². The van der Waals surface area contributed by atoms with Crippen LogP contribution in [0.4, 0.5) is 0 Å². The lowest BCUT2D eigenvalue weighted by Gasteiger charge is -2.19. The first-order valence-electron chi connectivity index (χ1n) is 14.4. The van der Waals surface area contributed by atoms with Crippen LogP contribution in [0.5, 0.6) is 0 Å². The third-order valence-corrected chi connectivity index (χ3v) is 7.29. The molecule has 0 aliphatic heterocycles. The number of aliphatic carboxylic acids is 1. The van der Waals surface area contributed by atoms with Gasteiger partial charge in [0.05, 0.1) is 5.56 Å². The van der Waals surface area contributed by atoms with Crippen molar-refractivity contribution in [2.24, 2.45) is 0 Å². The van der Waals surface area contributed by atoms with Crippen LogP contribution in [0, 0.1) is 0 Å². The number of hydrogen-bond acceptors (Lipinski definition) is 3. The van der Waals surface area contributed by atoms with Crippen molar-refractivity contribution in [3.8, 4) is 0 Å². The molecule has 0 aliphatic rings. The van der Waals surface area contributed by atoms with Crippen molar-refractivity contribution < 1.29 is 19.4 Å². The number of fused-ring (bicyclic) bond motifs is 2. The van der Waals surface area contributed by atoms with E-state index in [4.69, 9.17) is 9.84 Å². The van der Waals surface area contributed by atoms with Crippen molar-refractivity contribution in [3.63, 3.8) is 0 Å². The van der Waals surface area contributed by atoms with Gasteiger partial charge in [0, 0.05) is 6.42 Å². The smallest absolute Gasteiger partial charge is 0.339 e. The maximum atomic E-state index is 13.4. The van der Waals surface area contributed by atoms with Gasteiger partial charge >= 0.3 is 11.9 Å². The molecule has 0 fully saturated rings. The van der Waals surface area contributed by atoms with Crippen LogP contribution < -0.4 is 0 Å². The minimum Gasteiger partial charge on any atom is -0.481 e. The van der Waals surface area contributed by atoms with E-state index in [9.17, 15) is 9.59 Å². The fourth-order valence-corrected chi connectivity index (χ4v) is 5.13. The number of ether oxygens (including phenoxy) is 1. The quantitative estimate of drug-likeness (QED) is 0.106. The maximum Gasteiger partial charge on any atom is 0.339 e. The first kappa shape index (κ1) is 28.7. The van der Waals surface area contributed by atoms with E-state index < -0.39 is 5.97 Å². The predicted octanol–water partition coefficient (Wildman–Crippen LogP) is 9.47. The summed E-state index contributed by atoms with van der Waals surface area (Å²) >= 11 is 0. The number of unbranched alkanes of at least 4 members (excludes halogenated alkanes) is 10. The molecule has 3 aromatic carbocycles. The average Bonchev–Trinajstić information content (AvgIpc) is 2.90. The lowest BCUT2D eigenvalue weighted by molar-refractivity contribution is -0.137. The summed E-state index contributed by atoms with van der Waals surface area (Å²) in [5.74, 6) is -0.927. The monoisotopic (exact) mass is 504 g/mol. The van der Waals surface area contributed by atoms with Gasteiger partial charge in [-0.3, -0.25) is 4.79 Å². The molecule has 3 aromatic rings. The molecule has 1 N–H and O–H groups in total. The van der Waals surface area contributed by atoms with Gasteiger partial charge in [-0.25, -0.2) is 4.79 Å². The minimum atomic E-state index is -0.710. The Balaban J connectivity index is 1.58. The summed E-state index contributed by atoms with van der Waals surface area (Å²) in [6.07, 6.45) is 15.4. The number of benzene rings is 3. The number of carboxylic acid groups (broad SMARTS) is 1. The Morgan fingerprint density at radius 2 is 1.27 bits per heavy atom. The largest absolute Gasteiger partial charge is 0.481 e. The topological polar surface area (TPSA) is 63.6 Å². The SMILES string of the molecule is CCCCCCCCC(CCCCCCCCC(=O)O)OC(=O)c1cccc2cc3ccccc3cc12. The summed E-state index contributed by atoms with van der Waals surface area (Å²) in [7, 11) is 0. The van der Waals surface area contributed by atoms with Crippen LogP contribution in [-0.2, 0) is 9.53 Å². The van der Waals surface area contributed by atoms with E-state index in [1.165, 1.54) is 37.5 Å². The van der Waals surface area contributed by atoms with Crippen molar-refractivity contribution in [1.29, 1.82) is 0 Å². The number of hydrogen-bond donors (Lipinski definition) is 1. The minimum absolute atomic E-state index is 0.0543. The van der Waals surface area contributed by atoms with E-state index in [2.05, 4.69) is 37.3 Å². The van der Waals surface area contributed by atoms with Crippen molar-refractivity contribution in [2.45, 2.75) is 109 Å². The van der Waals surface area contributed by atoms with Crippen molar-refractivity contribution in [3.05, 3.63) is 60.2 Å². The molecular formula is C33H44O4. The Bertz CT molecular complexity index is 1120. The molecule has 0 radical (unpaired) electrons. The van der Waals surface area contributed by atoms with E-state index in [1.54, 1.807) is 0 Å². The normalized spacial score (nSPS) is 12.1. The van der Waals surface area contributed by atoms with E-state index in [1.807, 2.05) is 24.3 Å². The number of carbonyl (C=O) groups is 2. The zero-order chi connectivity index (χ0) is 26.3. The third-order valence-electron chi connectivity index (χ3n) is 7.29. The van der Waals surface area contributed by atoms with E-state index in [0.717, 1.165) is 73.9 Å². The summed E-state index contributed by atoms with van der Waals surface area (Å²) in [5, 5.41) is 13.1. The van der Waals surface area contributed by atoms with Gasteiger partial charge in [0.1, 0.15) is 6.10 Å². The number of rotatable bonds is 18. The third kappa shape index (κ3) is 9.83. The first-order valence-corrected chi connectivity index (χ1v) is 14.4. The molecule has 0 aromatic heterocycles. The Kier molecular flexibility index (Phi) is 12.5. The highest BCUT2D eigenvalue weighted by Gasteiger charge is 2.18. The lowest BCUT2D eigenvalue weighted by atomic mass is 9.99. The van der Waals surface area contributed by atoms with Crippen molar-refractivity contribution >= 4 is 33.5 Å². The van der Waals surface area contributed by atoms with Crippen LogP contribution in [0.1, 0.15) is 114 Å². The molecule has 0 amide bonds. The van der Waals surface area contributed by atoms with Gasteiger partial charge < -0.3 is 9.84 Å². The molecule has 0 aliphatic carbocycles. The Morgan fingerprint density at radius 1 is 0.703 bits per heavy atom. The van der Waals surface area contributed by atoms with E-state index in [0.29, 0.717) is 5.56 Å². The molecule has 1 unspecified atom stereocenters. The molecule has 3 rings (SSSR count). The van der Waals surface area contributed by atoms with Crippen molar-refractivity contribution in [1.82, 2.24) is 0 Å². The van der Waals surface area contributed by atoms with Gasteiger partial charge in [-0.05, 0) is 71.8 Å². The van der Waals surface area contributed by atoms with Crippen LogP contribution in [-0.4, -0.2) is 23.1 Å². The Hall–Kier alpha value is -2.88. The maximum absolute atomic E-state index is 13.4. The molecule has 1 atom stereocenters. The molecule has 37 heavy (non-hydrogen) atoms. The summed E-state index contributed by atoms with van der Waals surface area (Å²) in [4.78, 5) is 24.0. The van der Waals surface area contributed by atoms with E-state index in [-0.39, 0.29) is 18.5 Å². The molecule has 0 spiro atoms. The summed E-state index contributed by atoms with van der Waals surface area (Å²) in [6.45, 7) is 2.23. The van der Waals surface area contributed by atoms with Crippen LogP contribution in [0.15, 0.2) is 54.6 Å². The second-order valence-electron chi connectivity index (χ2n) is 10.4. The van der Waals surface area contributed by atoms with Gasteiger partial charge in [-0.2, -0.15) is 0 Å². The molecule has 0 bridgehead atoms. The number of esters is 1. The van der Waals surface area contributed by atoms with Crippen LogP contribution >= 0.6 is 0 Å². The predicted molar refractivity (Wildman–Crippen MR) is 153 cm³/mol. The first-order chi connectivity index (χ1) is 18.1. The summed E-state index contributed by atoms with van der Waals surface area (Å²) < 4.78 is 6.15. The Labute approximate surface area is 222 Å². The van der Waals surface area contributed by atoms with Gasteiger partial charge in [-0.15, -0.1) is 0 Å². The zero-order valence-corrected chi connectivity index (χ0v) is 22.6. The summed E-state index contributed by atoms with van der Waals surface area (Å²) in [5.41, 5.74) is 0.648. The highest BCUT2D eigenvalue weighted by Crippen LogP contribution is 2.27. The van der Waals surface area contributed by atoms with E-state index >= 15 is 0 Å². The molecule has 0 heterocycles. The Morgan fingerprint density at radius 3 is 1.92 bits per heavy atom. The second kappa shape index (κ2) is 16.1. The molecule has 200 valence electrons. The highest BCUT2D eigenvalue weighted by molar-refractivity contribution is 6.08. The van der Waals surface area contributed by atoms with Crippen LogP contribution in [0.25, 0.3) is 21.5 Å². The van der Waals surface area contributed by atoms with Gasteiger partial charge in [0.25, 0.3) is 0 Å².